The van der Waals surface area contributed by atoms with E-state index >= 15 is 0 Å². The molecule has 2 amide bonds. The van der Waals surface area contributed by atoms with Crippen LogP contribution < -0.4 is 16.4 Å². The van der Waals surface area contributed by atoms with Crippen molar-refractivity contribution in [1.82, 2.24) is 4.90 Å². The van der Waals surface area contributed by atoms with Crippen LogP contribution in [-0.2, 0) is 4.79 Å². The SMILES string of the molecule is CCN(CC(N)=O)c1ccc(C(=O)N(C)C)cc1N. The van der Waals surface area contributed by atoms with Crippen LogP contribution in [0.4, 0.5) is 11.4 Å². The zero-order valence-corrected chi connectivity index (χ0v) is 11.5. The van der Waals surface area contributed by atoms with Gasteiger partial charge in [0.2, 0.25) is 5.91 Å². The molecule has 0 unspecified atom stereocenters. The quantitative estimate of drug-likeness (QED) is 0.747. The monoisotopic (exact) mass is 264 g/mol. The predicted molar refractivity (Wildman–Crippen MR) is 76.0 cm³/mol. The van der Waals surface area contributed by atoms with Crippen LogP contribution in [0.5, 0.6) is 0 Å². The molecule has 0 bridgehead atoms. The number of rotatable bonds is 5. The summed E-state index contributed by atoms with van der Waals surface area (Å²) in [5, 5.41) is 0. The van der Waals surface area contributed by atoms with Crippen LogP contribution in [0.1, 0.15) is 17.3 Å². The van der Waals surface area contributed by atoms with Crippen molar-refractivity contribution in [3.05, 3.63) is 23.8 Å². The van der Waals surface area contributed by atoms with Gasteiger partial charge in [0, 0.05) is 26.2 Å². The second kappa shape index (κ2) is 6.08. The Morgan fingerprint density at radius 3 is 2.32 bits per heavy atom. The van der Waals surface area contributed by atoms with Crippen molar-refractivity contribution in [1.29, 1.82) is 0 Å². The molecule has 0 radical (unpaired) electrons. The first kappa shape index (κ1) is 14.8. The van der Waals surface area contributed by atoms with Gasteiger partial charge < -0.3 is 21.3 Å². The summed E-state index contributed by atoms with van der Waals surface area (Å²) in [6.45, 7) is 2.61. The molecule has 6 heteroatoms. The molecule has 0 saturated heterocycles. The standard InChI is InChI=1S/C13H20N4O2/c1-4-17(8-12(15)18)11-6-5-9(7-10(11)14)13(19)16(2)3/h5-7H,4,8,14H2,1-3H3,(H2,15,18). The molecule has 0 aliphatic carbocycles. The molecule has 0 heterocycles. The number of benzene rings is 1. The number of carbonyl (C=O) groups is 2. The van der Waals surface area contributed by atoms with E-state index in [1.165, 1.54) is 4.90 Å². The maximum atomic E-state index is 11.8. The van der Waals surface area contributed by atoms with Crippen molar-refractivity contribution < 1.29 is 9.59 Å². The summed E-state index contributed by atoms with van der Waals surface area (Å²) < 4.78 is 0. The van der Waals surface area contributed by atoms with Gasteiger partial charge in [-0.05, 0) is 25.1 Å². The zero-order valence-electron chi connectivity index (χ0n) is 11.5. The van der Waals surface area contributed by atoms with Crippen molar-refractivity contribution in [2.24, 2.45) is 5.73 Å². The van der Waals surface area contributed by atoms with E-state index < -0.39 is 5.91 Å². The molecule has 0 spiro atoms. The summed E-state index contributed by atoms with van der Waals surface area (Å²) in [6, 6.07) is 5.04. The van der Waals surface area contributed by atoms with Gasteiger partial charge >= 0.3 is 0 Å². The third-order valence-electron chi connectivity index (χ3n) is 2.75. The third kappa shape index (κ3) is 3.61. The predicted octanol–water partition coefficient (Wildman–Crippen LogP) is 0.282. The number of hydrogen-bond acceptors (Lipinski definition) is 4. The minimum Gasteiger partial charge on any atom is -0.397 e. The topological polar surface area (TPSA) is 92.7 Å². The van der Waals surface area contributed by atoms with E-state index in [1.54, 1.807) is 37.2 Å². The molecule has 0 saturated carbocycles. The fraction of sp³-hybridized carbons (Fsp3) is 0.385. The van der Waals surface area contributed by atoms with Gasteiger partial charge in [0.1, 0.15) is 0 Å². The number of nitrogens with zero attached hydrogens (tertiary/aromatic N) is 2. The minimum absolute atomic E-state index is 0.0989. The summed E-state index contributed by atoms with van der Waals surface area (Å²) in [6.07, 6.45) is 0. The Balaban J connectivity index is 3.05. The first-order chi connectivity index (χ1) is 8.86. The number of anilines is 2. The van der Waals surface area contributed by atoms with Crippen LogP contribution in [0.15, 0.2) is 18.2 Å². The van der Waals surface area contributed by atoms with E-state index in [-0.39, 0.29) is 12.5 Å². The summed E-state index contributed by atoms with van der Waals surface area (Å²) in [5.41, 5.74) is 12.8. The lowest BCUT2D eigenvalue weighted by Crippen LogP contribution is -2.34. The molecule has 6 nitrogen and oxygen atoms in total. The van der Waals surface area contributed by atoms with Crippen molar-refractivity contribution in [2.75, 3.05) is 37.8 Å². The lowest BCUT2D eigenvalue weighted by molar-refractivity contribution is -0.116. The molecule has 0 atom stereocenters. The van der Waals surface area contributed by atoms with Gasteiger partial charge in [-0.3, -0.25) is 9.59 Å². The van der Waals surface area contributed by atoms with Gasteiger partial charge in [0.25, 0.3) is 5.91 Å². The highest BCUT2D eigenvalue weighted by atomic mass is 16.2. The maximum Gasteiger partial charge on any atom is 0.253 e. The summed E-state index contributed by atoms with van der Waals surface area (Å²) >= 11 is 0. The molecule has 104 valence electrons. The molecule has 1 rings (SSSR count). The Kier molecular flexibility index (Phi) is 4.74. The second-order valence-corrected chi connectivity index (χ2v) is 4.45. The maximum absolute atomic E-state index is 11.8. The van der Waals surface area contributed by atoms with Crippen molar-refractivity contribution in [3.63, 3.8) is 0 Å². The summed E-state index contributed by atoms with van der Waals surface area (Å²) in [5.74, 6) is -0.536. The van der Waals surface area contributed by atoms with Crippen LogP contribution in [0.2, 0.25) is 0 Å². The van der Waals surface area contributed by atoms with Crippen molar-refractivity contribution >= 4 is 23.2 Å². The Labute approximate surface area is 113 Å². The van der Waals surface area contributed by atoms with Crippen LogP contribution in [0.25, 0.3) is 0 Å². The molecule has 0 aromatic heterocycles. The number of likely N-dealkylation sites (N-methyl/N-ethyl adjacent to an activating group) is 1. The first-order valence-electron chi connectivity index (χ1n) is 6.01. The van der Waals surface area contributed by atoms with E-state index in [0.717, 1.165) is 0 Å². The van der Waals surface area contributed by atoms with Crippen LogP contribution in [0.3, 0.4) is 0 Å². The minimum atomic E-state index is -0.422. The molecule has 0 aliphatic heterocycles. The van der Waals surface area contributed by atoms with E-state index in [2.05, 4.69) is 0 Å². The number of nitrogen functional groups attached to an aromatic ring is 1. The largest absolute Gasteiger partial charge is 0.397 e. The molecular weight excluding hydrogens is 244 g/mol. The molecular formula is C13H20N4O2. The van der Waals surface area contributed by atoms with E-state index in [1.807, 2.05) is 6.92 Å². The average Bonchev–Trinajstić information content (AvgIpc) is 2.34. The Bertz CT molecular complexity index is 486. The van der Waals surface area contributed by atoms with Gasteiger partial charge in [0.05, 0.1) is 17.9 Å². The van der Waals surface area contributed by atoms with E-state index in [4.69, 9.17) is 11.5 Å². The van der Waals surface area contributed by atoms with E-state index in [9.17, 15) is 9.59 Å². The number of amides is 2. The molecule has 19 heavy (non-hydrogen) atoms. The van der Waals surface area contributed by atoms with Gasteiger partial charge in [-0.2, -0.15) is 0 Å². The fourth-order valence-electron chi connectivity index (χ4n) is 1.79. The number of hydrogen-bond donors (Lipinski definition) is 2. The van der Waals surface area contributed by atoms with E-state index in [0.29, 0.717) is 23.5 Å². The van der Waals surface area contributed by atoms with Crippen LogP contribution >= 0.6 is 0 Å². The molecule has 4 N–H and O–H groups in total. The lowest BCUT2D eigenvalue weighted by atomic mass is 10.1. The molecule has 1 aromatic rings. The van der Waals surface area contributed by atoms with Crippen molar-refractivity contribution in [2.45, 2.75) is 6.92 Å². The summed E-state index contributed by atoms with van der Waals surface area (Å²) in [4.78, 5) is 26.1. The Morgan fingerprint density at radius 2 is 1.89 bits per heavy atom. The molecule has 0 aliphatic rings. The van der Waals surface area contributed by atoms with Gasteiger partial charge in [-0.15, -0.1) is 0 Å². The third-order valence-corrected chi connectivity index (χ3v) is 2.75. The highest BCUT2D eigenvalue weighted by Crippen LogP contribution is 2.24. The lowest BCUT2D eigenvalue weighted by Gasteiger charge is -2.23. The number of primary amides is 1. The number of nitrogens with two attached hydrogens (primary N) is 2. The second-order valence-electron chi connectivity index (χ2n) is 4.45. The van der Waals surface area contributed by atoms with Gasteiger partial charge in [0.15, 0.2) is 0 Å². The van der Waals surface area contributed by atoms with Gasteiger partial charge in [-0.25, -0.2) is 0 Å². The van der Waals surface area contributed by atoms with Crippen LogP contribution in [0, 0.1) is 0 Å². The average molecular weight is 264 g/mol. The highest BCUT2D eigenvalue weighted by molar-refractivity contribution is 5.96. The smallest absolute Gasteiger partial charge is 0.253 e. The van der Waals surface area contributed by atoms with Gasteiger partial charge in [-0.1, -0.05) is 0 Å². The normalized spacial score (nSPS) is 10.1. The Morgan fingerprint density at radius 1 is 1.26 bits per heavy atom. The fourth-order valence-corrected chi connectivity index (χ4v) is 1.79. The Hall–Kier alpha value is -2.24. The van der Waals surface area contributed by atoms with Crippen LogP contribution in [-0.4, -0.2) is 43.9 Å². The highest BCUT2D eigenvalue weighted by Gasteiger charge is 2.14. The zero-order chi connectivity index (χ0) is 14.6. The molecule has 1 aromatic carbocycles. The number of carbonyl (C=O) groups excluding carboxylic acids is 2. The van der Waals surface area contributed by atoms with Crippen molar-refractivity contribution in [3.8, 4) is 0 Å². The first-order valence-corrected chi connectivity index (χ1v) is 6.01. The molecule has 0 fully saturated rings. The summed E-state index contributed by atoms with van der Waals surface area (Å²) in [7, 11) is 3.36.